The van der Waals surface area contributed by atoms with Crippen molar-refractivity contribution in [3.8, 4) is 0 Å². The maximum atomic E-state index is 5.71. The summed E-state index contributed by atoms with van der Waals surface area (Å²) in [7, 11) is 1.69. The maximum Gasteiger partial charge on any atom is 0.0694 e. The van der Waals surface area contributed by atoms with Gasteiger partial charge in [-0.05, 0) is 13.3 Å². The summed E-state index contributed by atoms with van der Waals surface area (Å²) >= 11 is 0. The van der Waals surface area contributed by atoms with Crippen LogP contribution in [-0.4, -0.2) is 19.3 Å². The van der Waals surface area contributed by atoms with Crippen LogP contribution in [0.2, 0.25) is 0 Å². The molecule has 0 bridgehead atoms. The number of ether oxygens (including phenoxy) is 1. The lowest BCUT2D eigenvalue weighted by Crippen LogP contribution is -2.33. The highest BCUT2D eigenvalue weighted by Crippen LogP contribution is 2.00. The molecule has 2 atom stereocenters. The zero-order chi connectivity index (χ0) is 7.28. The second-order valence-electron chi connectivity index (χ2n) is 2.39. The van der Waals surface area contributed by atoms with E-state index in [2.05, 4.69) is 6.92 Å². The fourth-order valence-electron chi connectivity index (χ4n) is 0.743. The second kappa shape index (κ2) is 4.77. The van der Waals surface area contributed by atoms with Crippen LogP contribution >= 0.6 is 0 Å². The molecule has 0 aromatic rings. The molecule has 0 aliphatic heterocycles. The van der Waals surface area contributed by atoms with Gasteiger partial charge >= 0.3 is 0 Å². The Labute approximate surface area is 57.4 Å². The first-order chi connectivity index (χ1) is 4.22. The van der Waals surface area contributed by atoms with E-state index < -0.39 is 0 Å². The van der Waals surface area contributed by atoms with E-state index in [1.807, 2.05) is 6.92 Å². The molecule has 0 saturated carbocycles. The fraction of sp³-hybridized carbons (Fsp3) is 1.00. The molecule has 2 N–H and O–H groups in total. The third kappa shape index (κ3) is 3.49. The van der Waals surface area contributed by atoms with Crippen LogP contribution in [0.4, 0.5) is 0 Å². The molecular formula is C7H17NO. The Morgan fingerprint density at radius 1 is 1.56 bits per heavy atom. The first-order valence-electron chi connectivity index (χ1n) is 3.50. The minimum Gasteiger partial charge on any atom is -0.380 e. The molecule has 9 heavy (non-hydrogen) atoms. The molecule has 0 heterocycles. The SMILES string of the molecule is CCC[C@@H](N)[C@@H](C)OC. The topological polar surface area (TPSA) is 35.2 Å². The predicted octanol–water partition coefficient (Wildman–Crippen LogP) is 1.15. The largest absolute Gasteiger partial charge is 0.380 e. The molecule has 2 heteroatoms. The van der Waals surface area contributed by atoms with Gasteiger partial charge in [-0.2, -0.15) is 0 Å². The summed E-state index contributed by atoms with van der Waals surface area (Å²) in [5.41, 5.74) is 5.71. The summed E-state index contributed by atoms with van der Waals surface area (Å²) in [4.78, 5) is 0. The van der Waals surface area contributed by atoms with E-state index in [0.29, 0.717) is 0 Å². The molecule has 0 aliphatic rings. The fourth-order valence-corrected chi connectivity index (χ4v) is 0.743. The Bertz CT molecular complexity index is 65.9. The predicted molar refractivity (Wildman–Crippen MR) is 39.4 cm³/mol. The van der Waals surface area contributed by atoms with E-state index in [9.17, 15) is 0 Å². The molecule has 0 radical (unpaired) electrons. The zero-order valence-corrected chi connectivity index (χ0v) is 6.55. The number of methoxy groups -OCH3 is 1. The Morgan fingerprint density at radius 2 is 2.11 bits per heavy atom. The molecule has 0 aromatic carbocycles. The number of nitrogens with two attached hydrogens (primary N) is 1. The van der Waals surface area contributed by atoms with Gasteiger partial charge in [0.05, 0.1) is 6.10 Å². The van der Waals surface area contributed by atoms with Gasteiger partial charge < -0.3 is 10.5 Å². The van der Waals surface area contributed by atoms with Gasteiger partial charge in [-0.1, -0.05) is 13.3 Å². The van der Waals surface area contributed by atoms with Crippen molar-refractivity contribution in [1.29, 1.82) is 0 Å². The third-order valence-corrected chi connectivity index (χ3v) is 1.60. The van der Waals surface area contributed by atoms with E-state index >= 15 is 0 Å². The van der Waals surface area contributed by atoms with Gasteiger partial charge in [0.15, 0.2) is 0 Å². The van der Waals surface area contributed by atoms with Crippen LogP contribution in [0.15, 0.2) is 0 Å². The minimum absolute atomic E-state index is 0.199. The molecule has 0 unspecified atom stereocenters. The van der Waals surface area contributed by atoms with Gasteiger partial charge in [0.25, 0.3) is 0 Å². The summed E-state index contributed by atoms with van der Waals surface area (Å²) in [6.45, 7) is 4.13. The van der Waals surface area contributed by atoms with Crippen LogP contribution in [0, 0.1) is 0 Å². The molecular weight excluding hydrogens is 114 g/mol. The van der Waals surface area contributed by atoms with Crippen LogP contribution in [0.3, 0.4) is 0 Å². The van der Waals surface area contributed by atoms with E-state index in [-0.39, 0.29) is 12.1 Å². The molecule has 0 fully saturated rings. The lowest BCUT2D eigenvalue weighted by molar-refractivity contribution is 0.0927. The van der Waals surface area contributed by atoms with Crippen molar-refractivity contribution in [3.05, 3.63) is 0 Å². The summed E-state index contributed by atoms with van der Waals surface area (Å²) in [6.07, 6.45) is 2.38. The molecule has 0 aliphatic carbocycles. The van der Waals surface area contributed by atoms with Gasteiger partial charge in [0, 0.05) is 13.2 Å². The van der Waals surface area contributed by atoms with E-state index in [1.165, 1.54) is 0 Å². The summed E-state index contributed by atoms with van der Waals surface area (Å²) in [5, 5.41) is 0. The quantitative estimate of drug-likeness (QED) is 0.621. The Hall–Kier alpha value is -0.0800. The smallest absolute Gasteiger partial charge is 0.0694 e. The van der Waals surface area contributed by atoms with E-state index in [4.69, 9.17) is 10.5 Å². The van der Waals surface area contributed by atoms with Gasteiger partial charge in [-0.25, -0.2) is 0 Å². The highest BCUT2D eigenvalue weighted by Gasteiger charge is 2.08. The standard InChI is InChI=1S/C7H17NO/c1-4-5-7(8)6(2)9-3/h6-7H,4-5,8H2,1-3H3/t6-,7-/m1/s1. The van der Waals surface area contributed by atoms with Gasteiger partial charge in [-0.15, -0.1) is 0 Å². The molecule has 2 nitrogen and oxygen atoms in total. The summed E-state index contributed by atoms with van der Waals surface area (Å²) < 4.78 is 5.04. The van der Waals surface area contributed by atoms with Crippen molar-refractivity contribution in [2.45, 2.75) is 38.8 Å². The third-order valence-electron chi connectivity index (χ3n) is 1.60. The number of hydrogen-bond donors (Lipinski definition) is 1. The normalized spacial score (nSPS) is 17.3. The monoisotopic (exact) mass is 131 g/mol. The van der Waals surface area contributed by atoms with Crippen LogP contribution in [0.5, 0.6) is 0 Å². The van der Waals surface area contributed by atoms with Crippen LogP contribution in [0.25, 0.3) is 0 Å². The minimum atomic E-state index is 0.199. The van der Waals surface area contributed by atoms with Crippen molar-refractivity contribution < 1.29 is 4.74 Å². The number of rotatable bonds is 4. The van der Waals surface area contributed by atoms with Crippen molar-refractivity contribution in [3.63, 3.8) is 0 Å². The van der Waals surface area contributed by atoms with Gasteiger partial charge in [-0.3, -0.25) is 0 Å². The molecule has 0 rings (SSSR count). The maximum absolute atomic E-state index is 5.71. The van der Waals surface area contributed by atoms with Crippen molar-refractivity contribution in [2.75, 3.05) is 7.11 Å². The molecule has 0 aromatic heterocycles. The lowest BCUT2D eigenvalue weighted by Gasteiger charge is -2.16. The number of hydrogen-bond acceptors (Lipinski definition) is 2. The van der Waals surface area contributed by atoms with Crippen LogP contribution in [0.1, 0.15) is 26.7 Å². The zero-order valence-electron chi connectivity index (χ0n) is 6.55. The highest BCUT2D eigenvalue weighted by molar-refractivity contribution is 4.67. The van der Waals surface area contributed by atoms with Gasteiger partial charge in [0.1, 0.15) is 0 Å². The highest BCUT2D eigenvalue weighted by atomic mass is 16.5. The first kappa shape index (κ1) is 8.92. The molecule has 0 saturated heterocycles. The average molecular weight is 131 g/mol. The Balaban J connectivity index is 3.32. The summed E-state index contributed by atoms with van der Waals surface area (Å²) in [6, 6.07) is 0.208. The average Bonchev–Trinajstić information content (AvgIpc) is 1.87. The van der Waals surface area contributed by atoms with Crippen LogP contribution < -0.4 is 5.73 Å². The first-order valence-corrected chi connectivity index (χ1v) is 3.50. The second-order valence-corrected chi connectivity index (χ2v) is 2.39. The van der Waals surface area contributed by atoms with E-state index in [1.54, 1.807) is 7.11 Å². The molecule has 0 spiro atoms. The molecule has 56 valence electrons. The van der Waals surface area contributed by atoms with Crippen molar-refractivity contribution >= 4 is 0 Å². The van der Waals surface area contributed by atoms with Gasteiger partial charge in [0.2, 0.25) is 0 Å². The Morgan fingerprint density at radius 3 is 2.44 bits per heavy atom. The molecule has 0 amide bonds. The lowest BCUT2D eigenvalue weighted by atomic mass is 10.1. The van der Waals surface area contributed by atoms with Crippen molar-refractivity contribution in [2.24, 2.45) is 5.73 Å². The van der Waals surface area contributed by atoms with E-state index in [0.717, 1.165) is 12.8 Å². The Kier molecular flexibility index (Phi) is 4.72. The van der Waals surface area contributed by atoms with Crippen LogP contribution in [-0.2, 0) is 4.74 Å². The van der Waals surface area contributed by atoms with Crippen molar-refractivity contribution in [1.82, 2.24) is 0 Å². The summed E-state index contributed by atoms with van der Waals surface area (Å²) in [5.74, 6) is 0.